The van der Waals surface area contributed by atoms with E-state index in [1.165, 1.54) is 49.5 Å². The fourth-order valence-electron chi connectivity index (χ4n) is 9.77. The van der Waals surface area contributed by atoms with E-state index in [-0.39, 0.29) is 5.41 Å². The molecule has 0 fully saturated rings. The molecule has 9 aromatic rings. The first-order valence-electron chi connectivity index (χ1n) is 22.5. The molecule has 0 N–H and O–H groups in total. The largest absolute Gasteiger partial charge is 0.456 e. The number of aryl methyl sites for hydroxylation is 1. The van der Waals surface area contributed by atoms with Gasteiger partial charge >= 0.3 is 0 Å². The predicted molar refractivity (Wildman–Crippen MR) is 278 cm³/mol. The molecule has 2 heterocycles. The summed E-state index contributed by atoms with van der Waals surface area (Å²) in [6.07, 6.45) is 9.49. The minimum absolute atomic E-state index is 0.359. The van der Waals surface area contributed by atoms with Crippen LogP contribution in [0.5, 0.6) is 0 Å². The molecule has 0 amide bonds. The van der Waals surface area contributed by atoms with Gasteiger partial charge in [-0.2, -0.15) is 5.26 Å². The molecule has 11 rings (SSSR count). The lowest BCUT2D eigenvalue weighted by Gasteiger charge is -2.31. The maximum absolute atomic E-state index is 10.0. The van der Waals surface area contributed by atoms with E-state index < -0.39 is 0 Å². The number of para-hydroxylation sites is 2. The summed E-state index contributed by atoms with van der Waals surface area (Å²) < 4.78 is 6.41. The highest BCUT2D eigenvalue weighted by Crippen LogP contribution is 2.56. The number of nitriles is 1. The van der Waals surface area contributed by atoms with Crippen LogP contribution in [0.15, 0.2) is 198 Å². The highest BCUT2D eigenvalue weighted by atomic mass is 31.1. The second-order valence-electron chi connectivity index (χ2n) is 17.1. The van der Waals surface area contributed by atoms with Gasteiger partial charge in [-0.15, -0.1) is 0 Å². The number of benzene rings is 8. The number of hydrogen-bond acceptors (Lipinski definition) is 4. The van der Waals surface area contributed by atoms with Gasteiger partial charge < -0.3 is 14.2 Å². The normalized spacial score (nSPS) is 14.9. The molecule has 65 heavy (non-hydrogen) atoms. The summed E-state index contributed by atoms with van der Waals surface area (Å²) in [7, 11) is 0.482. The van der Waals surface area contributed by atoms with Crippen LogP contribution in [-0.4, -0.2) is 0 Å². The van der Waals surface area contributed by atoms with Gasteiger partial charge in [0.1, 0.15) is 11.2 Å². The summed E-state index contributed by atoms with van der Waals surface area (Å²) in [6, 6.07) is 58.8. The zero-order valence-electron chi connectivity index (χ0n) is 37.5. The highest BCUT2D eigenvalue weighted by Gasteiger charge is 2.39. The Balaban J connectivity index is 0.00000246. The van der Waals surface area contributed by atoms with Crippen molar-refractivity contribution < 1.29 is 4.42 Å². The van der Waals surface area contributed by atoms with Crippen LogP contribution in [0, 0.1) is 18.3 Å². The zero-order chi connectivity index (χ0) is 44.8. The van der Waals surface area contributed by atoms with E-state index in [1.807, 2.05) is 50.2 Å². The van der Waals surface area contributed by atoms with Gasteiger partial charge in [0.05, 0.1) is 17.3 Å². The Hall–Kier alpha value is -7.44. The monoisotopic (exact) mass is 859 g/mol. The highest BCUT2D eigenvalue weighted by molar-refractivity contribution is 7.52. The minimum atomic E-state index is -0.359. The number of nitrogens with zero attached hydrogens (tertiary/aromatic N) is 3. The Labute approximate surface area is 383 Å². The molecule has 1 unspecified atom stereocenters. The maximum atomic E-state index is 10.0. The van der Waals surface area contributed by atoms with Gasteiger partial charge in [0.2, 0.25) is 0 Å². The Kier molecular flexibility index (Phi) is 10.8. The summed E-state index contributed by atoms with van der Waals surface area (Å²) in [5.41, 5.74) is 15.8. The first kappa shape index (κ1) is 41.6. The van der Waals surface area contributed by atoms with E-state index in [0.29, 0.717) is 14.1 Å². The second kappa shape index (κ2) is 16.9. The van der Waals surface area contributed by atoms with E-state index >= 15 is 0 Å². The molecule has 8 aromatic carbocycles. The Morgan fingerprint density at radius 3 is 2.14 bits per heavy atom. The SMILES string of the molecule is C=C1/C=C\C=C/Cc2ccc(N(c3ccccc3C)c3cc4c(c5ccccc35)-c3ccc(N(c5cccc(C#N)c5)c5ccc6c(c5)oc5ccccc56)cc3C4(C)C)cc2P1.CC. The van der Waals surface area contributed by atoms with Crippen LogP contribution < -0.4 is 15.1 Å². The molecule has 0 saturated heterocycles. The smallest absolute Gasteiger partial charge is 0.137 e. The van der Waals surface area contributed by atoms with Crippen LogP contribution in [0.2, 0.25) is 0 Å². The summed E-state index contributed by atoms with van der Waals surface area (Å²) in [4.78, 5) is 4.73. The summed E-state index contributed by atoms with van der Waals surface area (Å²) in [5, 5.41) is 17.0. The van der Waals surface area contributed by atoms with Crippen molar-refractivity contribution in [1.82, 2.24) is 0 Å². The summed E-state index contributed by atoms with van der Waals surface area (Å²) >= 11 is 0. The van der Waals surface area contributed by atoms with E-state index in [2.05, 4.69) is 189 Å². The number of allylic oxidation sites excluding steroid dienone is 5. The number of anilines is 6. The fourth-order valence-corrected chi connectivity index (χ4v) is 10.9. The van der Waals surface area contributed by atoms with Crippen LogP contribution in [0.3, 0.4) is 0 Å². The van der Waals surface area contributed by atoms with Crippen LogP contribution in [0.1, 0.15) is 55.5 Å². The van der Waals surface area contributed by atoms with Crippen molar-refractivity contribution in [3.63, 3.8) is 0 Å². The van der Waals surface area contributed by atoms with Gasteiger partial charge in [-0.3, -0.25) is 0 Å². The van der Waals surface area contributed by atoms with Gasteiger partial charge in [-0.1, -0.05) is 146 Å². The molecular formula is C60H50N3OP. The molecule has 0 bridgehead atoms. The Bertz CT molecular complexity index is 3450. The van der Waals surface area contributed by atoms with E-state index in [1.54, 1.807) is 0 Å². The number of furan rings is 1. The lowest BCUT2D eigenvalue weighted by molar-refractivity contribution is 0.661. The topological polar surface area (TPSA) is 43.4 Å². The number of hydrogen-bond donors (Lipinski definition) is 0. The van der Waals surface area contributed by atoms with Gasteiger partial charge in [-0.05, 0) is 136 Å². The molecule has 2 aliphatic rings. The third-order valence-corrected chi connectivity index (χ3v) is 14.1. The van der Waals surface area contributed by atoms with Crippen LogP contribution >= 0.6 is 8.58 Å². The third kappa shape index (κ3) is 7.23. The Morgan fingerprint density at radius 2 is 1.31 bits per heavy atom. The fraction of sp³-hybridized carbons (Fsp3) is 0.117. The van der Waals surface area contributed by atoms with Crippen molar-refractivity contribution in [3.05, 3.63) is 222 Å². The summed E-state index contributed by atoms with van der Waals surface area (Å²) in [6.45, 7) is 15.3. The standard InChI is InChI=1S/C58H44N3OP.C2H6/c1-37-15-8-12-23-52(37)61(44-26-25-40-18-7-5-6-16-38(2)63-56(40)34-44)53-35-51-57(48-22-10-9-20-45(48)53)49-30-28-42(32-50(49)58(51,3)4)60(41-19-14-17-39(31-41)36-59)43-27-29-47-46-21-11-13-24-54(46)62-55(47)33-43;1-2/h5-17,19-35,63H,2,18H2,1,3-4H3;1-2H3/b7-5-,16-6-;. The van der Waals surface area contributed by atoms with Crippen molar-refractivity contribution in [2.45, 2.75) is 46.5 Å². The molecular weight excluding hydrogens is 810 g/mol. The Morgan fingerprint density at radius 1 is 0.615 bits per heavy atom. The van der Waals surface area contributed by atoms with Gasteiger partial charge in [0.15, 0.2) is 0 Å². The van der Waals surface area contributed by atoms with Crippen molar-refractivity contribution in [3.8, 4) is 17.2 Å². The van der Waals surface area contributed by atoms with Gasteiger partial charge in [-0.25, -0.2) is 0 Å². The lowest BCUT2D eigenvalue weighted by atomic mass is 9.81. The van der Waals surface area contributed by atoms with E-state index in [4.69, 9.17) is 4.42 Å². The van der Waals surface area contributed by atoms with E-state index in [0.717, 1.165) is 67.8 Å². The van der Waals surface area contributed by atoms with Gasteiger partial charge in [0.25, 0.3) is 0 Å². The quantitative estimate of drug-likeness (QED) is 0.156. The molecule has 1 atom stereocenters. The molecule has 1 aromatic heterocycles. The van der Waals surface area contributed by atoms with Crippen molar-refractivity contribution >= 4 is 80.7 Å². The average Bonchev–Trinajstić information content (AvgIpc) is 3.84. The molecule has 1 aliphatic heterocycles. The molecule has 0 spiro atoms. The lowest BCUT2D eigenvalue weighted by Crippen LogP contribution is -2.19. The first-order chi connectivity index (χ1) is 31.8. The zero-order valence-corrected chi connectivity index (χ0v) is 38.5. The molecule has 316 valence electrons. The molecule has 0 saturated carbocycles. The summed E-state index contributed by atoms with van der Waals surface area (Å²) in [5.74, 6) is 0. The van der Waals surface area contributed by atoms with Crippen molar-refractivity contribution in [1.29, 1.82) is 5.26 Å². The first-order valence-corrected chi connectivity index (χ1v) is 23.5. The van der Waals surface area contributed by atoms with Crippen LogP contribution in [0.25, 0.3) is 43.8 Å². The maximum Gasteiger partial charge on any atom is 0.137 e. The molecule has 1 aliphatic carbocycles. The van der Waals surface area contributed by atoms with Crippen molar-refractivity contribution in [2.24, 2.45) is 0 Å². The molecule has 5 heteroatoms. The predicted octanol–water partition coefficient (Wildman–Crippen LogP) is 16.7. The van der Waals surface area contributed by atoms with Crippen LogP contribution in [-0.2, 0) is 11.8 Å². The average molecular weight is 860 g/mol. The third-order valence-electron chi connectivity index (χ3n) is 12.9. The van der Waals surface area contributed by atoms with E-state index in [9.17, 15) is 5.26 Å². The van der Waals surface area contributed by atoms with Gasteiger partial charge in [0, 0.05) is 56.1 Å². The molecule has 0 radical (unpaired) electrons. The van der Waals surface area contributed by atoms with Crippen LogP contribution in [0.4, 0.5) is 34.1 Å². The van der Waals surface area contributed by atoms with Crippen molar-refractivity contribution in [2.75, 3.05) is 9.80 Å². The molecule has 4 nitrogen and oxygen atoms in total. The number of fused-ring (bicyclic) bond motifs is 9. The minimum Gasteiger partial charge on any atom is -0.456 e. The number of rotatable bonds is 6. The second-order valence-corrected chi connectivity index (χ2v) is 18.5.